The third kappa shape index (κ3) is 3.57. The maximum atomic E-state index is 12.5. The summed E-state index contributed by atoms with van der Waals surface area (Å²) >= 11 is 0. The molecule has 1 amide bonds. The van der Waals surface area contributed by atoms with Gasteiger partial charge < -0.3 is 10.6 Å². The number of rotatable bonds is 2. The van der Waals surface area contributed by atoms with Gasteiger partial charge in [-0.3, -0.25) is 4.79 Å². The summed E-state index contributed by atoms with van der Waals surface area (Å²) in [6.07, 6.45) is 2.33. The molecule has 2 N–H and O–H groups in total. The first-order chi connectivity index (χ1) is 9.10. The number of carbonyl (C=O) groups is 1. The first-order valence-corrected chi connectivity index (χ1v) is 7.18. The maximum Gasteiger partial charge on any atom is 0.253 e. The molecule has 0 spiro atoms. The molecule has 1 aliphatic heterocycles. The molecule has 0 radical (unpaired) electrons. The number of nitrogens with zero attached hydrogens (tertiary/aromatic N) is 1. The van der Waals surface area contributed by atoms with Crippen molar-refractivity contribution in [2.75, 3.05) is 13.1 Å². The van der Waals surface area contributed by atoms with E-state index in [4.69, 9.17) is 5.73 Å². The summed E-state index contributed by atoms with van der Waals surface area (Å²) in [5, 5.41) is 0. The van der Waals surface area contributed by atoms with Crippen LogP contribution in [0.15, 0.2) is 24.3 Å². The second-order valence-corrected chi connectivity index (χ2v) is 5.89. The van der Waals surface area contributed by atoms with Crippen molar-refractivity contribution in [3.63, 3.8) is 0 Å². The van der Waals surface area contributed by atoms with Gasteiger partial charge in [0, 0.05) is 25.2 Å². The summed E-state index contributed by atoms with van der Waals surface area (Å²) in [6.45, 7) is 6.79. The van der Waals surface area contributed by atoms with Crippen molar-refractivity contribution in [3.05, 3.63) is 35.4 Å². The highest BCUT2D eigenvalue weighted by molar-refractivity contribution is 5.94. The van der Waals surface area contributed by atoms with Crippen molar-refractivity contribution in [2.24, 2.45) is 17.6 Å². The van der Waals surface area contributed by atoms with Gasteiger partial charge in [-0.25, -0.2) is 0 Å². The molecule has 2 rings (SSSR count). The summed E-state index contributed by atoms with van der Waals surface area (Å²) in [7, 11) is 0. The van der Waals surface area contributed by atoms with Gasteiger partial charge in [0.1, 0.15) is 0 Å². The van der Waals surface area contributed by atoms with Crippen LogP contribution in [0.25, 0.3) is 0 Å². The van der Waals surface area contributed by atoms with E-state index in [2.05, 4.69) is 13.8 Å². The van der Waals surface area contributed by atoms with Crippen LogP contribution < -0.4 is 5.73 Å². The SMILES string of the molecule is CC1CCN(C(=O)c2ccc(CN)cc2)CC(C)C1. The van der Waals surface area contributed by atoms with Gasteiger partial charge in [-0.1, -0.05) is 26.0 Å². The van der Waals surface area contributed by atoms with Gasteiger partial charge in [-0.05, 0) is 42.4 Å². The monoisotopic (exact) mass is 260 g/mol. The fraction of sp³-hybridized carbons (Fsp3) is 0.562. The molecule has 3 nitrogen and oxygen atoms in total. The lowest BCUT2D eigenvalue weighted by Gasteiger charge is -2.22. The lowest BCUT2D eigenvalue weighted by Crippen LogP contribution is -2.34. The number of carbonyl (C=O) groups excluding carboxylic acids is 1. The molecule has 0 aliphatic carbocycles. The highest BCUT2D eigenvalue weighted by atomic mass is 16.2. The van der Waals surface area contributed by atoms with Crippen LogP contribution in [0.5, 0.6) is 0 Å². The summed E-state index contributed by atoms with van der Waals surface area (Å²) in [5.41, 5.74) is 7.42. The molecule has 1 fully saturated rings. The molecule has 1 aromatic carbocycles. The van der Waals surface area contributed by atoms with Gasteiger partial charge in [0.05, 0.1) is 0 Å². The molecule has 2 unspecified atom stereocenters. The minimum absolute atomic E-state index is 0.157. The Morgan fingerprint density at radius 1 is 1.26 bits per heavy atom. The second kappa shape index (κ2) is 6.20. The van der Waals surface area contributed by atoms with E-state index in [1.54, 1.807) is 0 Å². The first kappa shape index (κ1) is 14.1. The Bertz CT molecular complexity index is 427. The van der Waals surface area contributed by atoms with Gasteiger partial charge in [0.25, 0.3) is 5.91 Å². The third-order valence-corrected chi connectivity index (χ3v) is 3.95. The van der Waals surface area contributed by atoms with Crippen LogP contribution >= 0.6 is 0 Å². The Kier molecular flexibility index (Phi) is 4.59. The van der Waals surface area contributed by atoms with E-state index < -0.39 is 0 Å². The topological polar surface area (TPSA) is 46.3 Å². The average molecular weight is 260 g/mol. The van der Waals surface area contributed by atoms with Crippen molar-refractivity contribution < 1.29 is 4.79 Å². The van der Waals surface area contributed by atoms with E-state index in [-0.39, 0.29) is 5.91 Å². The number of hydrogen-bond acceptors (Lipinski definition) is 2. The minimum atomic E-state index is 0.157. The van der Waals surface area contributed by atoms with E-state index in [9.17, 15) is 4.79 Å². The van der Waals surface area contributed by atoms with Crippen molar-refractivity contribution in [3.8, 4) is 0 Å². The van der Waals surface area contributed by atoms with Crippen molar-refractivity contribution >= 4 is 5.91 Å². The number of amides is 1. The van der Waals surface area contributed by atoms with Crippen LogP contribution in [0.4, 0.5) is 0 Å². The molecule has 1 aliphatic rings. The number of benzene rings is 1. The van der Waals surface area contributed by atoms with Crippen LogP contribution in [0, 0.1) is 11.8 Å². The average Bonchev–Trinajstić information content (AvgIpc) is 2.59. The predicted molar refractivity (Wildman–Crippen MR) is 77.8 cm³/mol. The molecule has 1 aromatic rings. The van der Waals surface area contributed by atoms with Crippen LogP contribution in [-0.2, 0) is 6.54 Å². The number of likely N-dealkylation sites (tertiary alicyclic amines) is 1. The van der Waals surface area contributed by atoms with Crippen molar-refractivity contribution in [1.29, 1.82) is 0 Å². The molecule has 2 atom stereocenters. The lowest BCUT2D eigenvalue weighted by atomic mass is 9.97. The Morgan fingerprint density at radius 2 is 1.95 bits per heavy atom. The lowest BCUT2D eigenvalue weighted by molar-refractivity contribution is 0.0744. The summed E-state index contributed by atoms with van der Waals surface area (Å²) in [6, 6.07) is 7.67. The normalized spacial score (nSPS) is 24.1. The molecule has 1 saturated heterocycles. The molecule has 3 heteroatoms. The standard InChI is InChI=1S/C16H24N2O/c1-12-7-8-18(11-13(2)9-12)16(19)15-5-3-14(10-17)4-6-15/h3-6,12-13H,7-11,17H2,1-2H3. The highest BCUT2D eigenvalue weighted by Gasteiger charge is 2.23. The van der Waals surface area contributed by atoms with Crippen LogP contribution in [0.2, 0.25) is 0 Å². The third-order valence-electron chi connectivity index (χ3n) is 3.95. The molecule has 19 heavy (non-hydrogen) atoms. The van der Waals surface area contributed by atoms with E-state index in [1.807, 2.05) is 29.2 Å². The summed E-state index contributed by atoms with van der Waals surface area (Å²) < 4.78 is 0. The molecular weight excluding hydrogens is 236 g/mol. The summed E-state index contributed by atoms with van der Waals surface area (Å²) in [4.78, 5) is 14.5. The van der Waals surface area contributed by atoms with Crippen molar-refractivity contribution in [1.82, 2.24) is 4.90 Å². The van der Waals surface area contributed by atoms with Crippen LogP contribution in [0.3, 0.4) is 0 Å². The van der Waals surface area contributed by atoms with Gasteiger partial charge in [0.15, 0.2) is 0 Å². The fourth-order valence-electron chi connectivity index (χ4n) is 2.87. The van der Waals surface area contributed by atoms with E-state index in [0.29, 0.717) is 18.4 Å². The largest absolute Gasteiger partial charge is 0.338 e. The van der Waals surface area contributed by atoms with Crippen molar-refractivity contribution in [2.45, 2.75) is 33.2 Å². The Labute approximate surface area is 115 Å². The van der Waals surface area contributed by atoms with Crippen LogP contribution in [-0.4, -0.2) is 23.9 Å². The van der Waals surface area contributed by atoms with Gasteiger partial charge in [0.2, 0.25) is 0 Å². The fourth-order valence-corrected chi connectivity index (χ4v) is 2.87. The Balaban J connectivity index is 2.09. The van der Waals surface area contributed by atoms with Gasteiger partial charge >= 0.3 is 0 Å². The van der Waals surface area contributed by atoms with E-state index in [1.165, 1.54) is 6.42 Å². The van der Waals surface area contributed by atoms with E-state index >= 15 is 0 Å². The molecule has 104 valence electrons. The maximum absolute atomic E-state index is 12.5. The molecule has 0 aromatic heterocycles. The number of hydrogen-bond donors (Lipinski definition) is 1. The van der Waals surface area contributed by atoms with Crippen LogP contribution in [0.1, 0.15) is 42.6 Å². The molecule has 1 heterocycles. The van der Waals surface area contributed by atoms with Gasteiger partial charge in [-0.15, -0.1) is 0 Å². The Hall–Kier alpha value is -1.35. The molecule has 0 saturated carbocycles. The quantitative estimate of drug-likeness (QED) is 0.888. The second-order valence-electron chi connectivity index (χ2n) is 5.89. The summed E-state index contributed by atoms with van der Waals surface area (Å²) in [5.74, 6) is 1.46. The zero-order chi connectivity index (χ0) is 13.8. The minimum Gasteiger partial charge on any atom is -0.338 e. The highest BCUT2D eigenvalue weighted by Crippen LogP contribution is 2.22. The smallest absolute Gasteiger partial charge is 0.253 e. The van der Waals surface area contributed by atoms with E-state index in [0.717, 1.165) is 30.6 Å². The molecule has 0 bridgehead atoms. The number of nitrogens with two attached hydrogens (primary N) is 1. The Morgan fingerprint density at radius 3 is 2.58 bits per heavy atom. The zero-order valence-corrected chi connectivity index (χ0v) is 11.9. The predicted octanol–water partition coefficient (Wildman–Crippen LogP) is 2.65. The van der Waals surface area contributed by atoms with Gasteiger partial charge in [-0.2, -0.15) is 0 Å². The molecular formula is C16H24N2O. The first-order valence-electron chi connectivity index (χ1n) is 7.18. The zero-order valence-electron chi connectivity index (χ0n) is 11.9.